The third-order valence-electron chi connectivity index (χ3n) is 6.97. The quantitative estimate of drug-likeness (QED) is 0.219. The smallest absolute Gasteiger partial charge is 0.143 e. The lowest BCUT2D eigenvalue weighted by molar-refractivity contribution is 0.670. The predicted molar refractivity (Wildman–Crippen MR) is 166 cm³/mol. The summed E-state index contributed by atoms with van der Waals surface area (Å²) in [7, 11) is 0. The monoisotopic (exact) mass is 499 g/mol. The maximum Gasteiger partial charge on any atom is 0.143 e. The Balaban J connectivity index is 1.38. The molecular weight excluding hydrogens is 462 g/mol. The second-order valence-corrected chi connectivity index (χ2v) is 9.82. The average Bonchev–Trinajstić information content (AvgIpc) is 3.32. The van der Waals surface area contributed by atoms with Gasteiger partial charge in [-0.25, -0.2) is 0 Å². The molecule has 0 aliphatic heterocycles. The molecule has 0 fully saturated rings. The van der Waals surface area contributed by atoms with Gasteiger partial charge in [-0.2, -0.15) is 0 Å². The van der Waals surface area contributed by atoms with E-state index in [2.05, 4.69) is 112 Å². The van der Waals surface area contributed by atoms with E-state index in [-0.39, 0.29) is 0 Å². The second kappa shape index (κ2) is 12.3. The van der Waals surface area contributed by atoms with Gasteiger partial charge < -0.3 is 9.73 Å². The van der Waals surface area contributed by atoms with Crippen molar-refractivity contribution in [3.63, 3.8) is 0 Å². The molecule has 4 aromatic rings. The van der Waals surface area contributed by atoms with E-state index in [0.717, 1.165) is 56.4 Å². The molecule has 0 saturated carbocycles. The molecule has 4 rings (SSSR count). The zero-order valence-electron chi connectivity index (χ0n) is 22.9. The zero-order valence-corrected chi connectivity index (χ0v) is 22.9. The Morgan fingerprint density at radius 2 is 1.63 bits per heavy atom. The summed E-state index contributed by atoms with van der Waals surface area (Å²) in [6, 6.07) is 22.9. The van der Waals surface area contributed by atoms with Crippen molar-refractivity contribution < 1.29 is 4.42 Å². The number of fused-ring (bicyclic) bond motifs is 3. The highest BCUT2D eigenvalue weighted by atomic mass is 16.3. The summed E-state index contributed by atoms with van der Waals surface area (Å²) in [6.07, 6.45) is 13.6. The molecule has 1 atom stereocenters. The first kappa shape index (κ1) is 26.8. The first-order valence-corrected chi connectivity index (χ1v) is 13.2. The maximum atomic E-state index is 6.21. The van der Waals surface area contributed by atoms with Crippen molar-refractivity contribution in [3.05, 3.63) is 139 Å². The molecule has 0 spiro atoms. The van der Waals surface area contributed by atoms with Crippen LogP contribution in [0.4, 0.5) is 5.69 Å². The van der Waals surface area contributed by atoms with Crippen LogP contribution in [0.1, 0.15) is 34.1 Å². The van der Waals surface area contributed by atoms with Crippen LogP contribution in [0.5, 0.6) is 0 Å². The van der Waals surface area contributed by atoms with Crippen molar-refractivity contribution in [1.29, 1.82) is 0 Å². The molecule has 3 aromatic carbocycles. The first-order valence-electron chi connectivity index (χ1n) is 13.2. The highest BCUT2D eigenvalue weighted by molar-refractivity contribution is 6.09. The Hall–Kier alpha value is -4.30. The van der Waals surface area contributed by atoms with Crippen LogP contribution in [0.3, 0.4) is 0 Å². The fourth-order valence-electron chi connectivity index (χ4n) is 4.34. The summed E-state index contributed by atoms with van der Waals surface area (Å²) in [5, 5.41) is 5.67. The summed E-state index contributed by atoms with van der Waals surface area (Å²) in [5.41, 5.74) is 9.52. The van der Waals surface area contributed by atoms with Crippen LogP contribution in [0.25, 0.3) is 33.1 Å². The highest BCUT2D eigenvalue weighted by Gasteiger charge is 2.11. The van der Waals surface area contributed by atoms with Gasteiger partial charge in [0.05, 0.1) is 0 Å². The van der Waals surface area contributed by atoms with E-state index in [1.807, 2.05) is 37.3 Å². The SMILES string of the molecule is C=C(/C=C\C(=C)C(C)C/C=C(C)/C(C)=C/C=C\C)Nc1ccc(-c2cccc3c2oc2ccccc23)cc1. The third-order valence-corrected chi connectivity index (χ3v) is 6.97. The number of nitrogens with one attached hydrogen (secondary N) is 1. The summed E-state index contributed by atoms with van der Waals surface area (Å²) in [6.45, 7) is 17.0. The average molecular weight is 500 g/mol. The lowest BCUT2D eigenvalue weighted by Gasteiger charge is -2.11. The normalized spacial score (nSPS) is 13.6. The highest BCUT2D eigenvalue weighted by Crippen LogP contribution is 2.36. The van der Waals surface area contributed by atoms with E-state index in [1.165, 1.54) is 11.1 Å². The minimum absolute atomic E-state index is 0.351. The molecule has 1 heterocycles. The Labute approximate surface area is 227 Å². The molecule has 2 nitrogen and oxygen atoms in total. The Bertz CT molecular complexity index is 1570. The van der Waals surface area contributed by atoms with Crippen LogP contribution in [-0.2, 0) is 0 Å². The number of anilines is 1. The molecule has 0 aliphatic carbocycles. The number of rotatable bonds is 10. The Kier molecular flexibility index (Phi) is 8.66. The van der Waals surface area contributed by atoms with Crippen molar-refractivity contribution >= 4 is 27.6 Å². The fourth-order valence-corrected chi connectivity index (χ4v) is 4.34. The lowest BCUT2D eigenvalue weighted by Crippen LogP contribution is -1.98. The van der Waals surface area contributed by atoms with Crippen LogP contribution in [0.2, 0.25) is 0 Å². The fraction of sp³-hybridized carbons (Fsp3) is 0.167. The zero-order chi connectivity index (χ0) is 27.1. The molecule has 38 heavy (non-hydrogen) atoms. The molecule has 0 bridgehead atoms. The van der Waals surface area contributed by atoms with Gasteiger partial charge in [0.15, 0.2) is 0 Å². The van der Waals surface area contributed by atoms with Crippen LogP contribution in [-0.4, -0.2) is 0 Å². The molecule has 0 aliphatic rings. The Morgan fingerprint density at radius 1 is 0.895 bits per heavy atom. The van der Waals surface area contributed by atoms with E-state index >= 15 is 0 Å². The van der Waals surface area contributed by atoms with Gasteiger partial charge in [-0.15, -0.1) is 0 Å². The standard InChI is InChI=1S/C36H37NO/c1-7-8-12-25(2)26(3)17-18-27(4)28(5)19-20-29(6)37-31-23-21-30(22-24-31)32-14-11-15-34-33-13-9-10-16-35(33)38-36(32)34/h7-17,19-24,27,37H,5-6,18H2,1-4H3/b8-7-,20-19-,25-12+,26-17+. The molecule has 0 amide bonds. The number of allylic oxidation sites excluding steroid dienone is 9. The summed E-state index contributed by atoms with van der Waals surface area (Å²) >= 11 is 0. The van der Waals surface area contributed by atoms with E-state index in [9.17, 15) is 0 Å². The van der Waals surface area contributed by atoms with Crippen LogP contribution in [0, 0.1) is 5.92 Å². The van der Waals surface area contributed by atoms with Crippen molar-refractivity contribution in [3.8, 4) is 11.1 Å². The predicted octanol–water partition coefficient (Wildman–Crippen LogP) is 10.8. The molecule has 2 heteroatoms. The van der Waals surface area contributed by atoms with E-state index < -0.39 is 0 Å². The van der Waals surface area contributed by atoms with Crippen molar-refractivity contribution in [2.45, 2.75) is 34.1 Å². The van der Waals surface area contributed by atoms with Gasteiger partial charge in [0.25, 0.3) is 0 Å². The third kappa shape index (κ3) is 6.33. The number of hydrogen-bond donors (Lipinski definition) is 1. The van der Waals surface area contributed by atoms with Gasteiger partial charge in [0.1, 0.15) is 11.2 Å². The molecule has 0 radical (unpaired) electrons. The van der Waals surface area contributed by atoms with Gasteiger partial charge in [0.2, 0.25) is 0 Å². The van der Waals surface area contributed by atoms with E-state index in [1.54, 1.807) is 0 Å². The second-order valence-electron chi connectivity index (χ2n) is 9.82. The molecule has 1 aromatic heterocycles. The first-order chi connectivity index (χ1) is 18.4. The minimum Gasteiger partial charge on any atom is -0.455 e. The summed E-state index contributed by atoms with van der Waals surface area (Å²) in [5.74, 6) is 0.351. The van der Waals surface area contributed by atoms with Gasteiger partial charge in [0, 0.05) is 27.7 Å². The molecule has 1 unspecified atom stereocenters. The maximum absolute atomic E-state index is 6.21. The van der Waals surface area contributed by atoms with Crippen LogP contribution in [0.15, 0.2) is 143 Å². The van der Waals surface area contributed by atoms with Crippen LogP contribution >= 0.6 is 0 Å². The molecule has 192 valence electrons. The van der Waals surface area contributed by atoms with Crippen molar-refractivity contribution in [2.24, 2.45) is 5.92 Å². The summed E-state index contributed by atoms with van der Waals surface area (Å²) in [4.78, 5) is 0. The topological polar surface area (TPSA) is 25.2 Å². The Morgan fingerprint density at radius 3 is 2.39 bits per heavy atom. The van der Waals surface area contributed by atoms with Crippen molar-refractivity contribution in [1.82, 2.24) is 0 Å². The lowest BCUT2D eigenvalue weighted by atomic mass is 9.96. The van der Waals surface area contributed by atoms with Gasteiger partial charge in [-0.1, -0.05) is 110 Å². The number of benzene rings is 3. The van der Waals surface area contributed by atoms with Gasteiger partial charge in [-0.05, 0) is 68.5 Å². The van der Waals surface area contributed by atoms with E-state index in [4.69, 9.17) is 4.42 Å². The number of hydrogen-bond acceptors (Lipinski definition) is 2. The molecule has 0 saturated heterocycles. The summed E-state index contributed by atoms with van der Waals surface area (Å²) < 4.78 is 6.21. The van der Waals surface area contributed by atoms with Crippen LogP contribution < -0.4 is 5.32 Å². The minimum atomic E-state index is 0.351. The van der Waals surface area contributed by atoms with Gasteiger partial charge >= 0.3 is 0 Å². The number of furan rings is 1. The van der Waals surface area contributed by atoms with Crippen molar-refractivity contribution in [2.75, 3.05) is 5.32 Å². The number of para-hydroxylation sites is 2. The molecular formula is C36H37NO. The molecule has 1 N–H and O–H groups in total. The largest absolute Gasteiger partial charge is 0.455 e. The van der Waals surface area contributed by atoms with Gasteiger partial charge in [-0.3, -0.25) is 0 Å². The van der Waals surface area contributed by atoms with E-state index in [0.29, 0.717) is 5.92 Å².